The zero-order valence-corrected chi connectivity index (χ0v) is 8.12. The van der Waals surface area contributed by atoms with E-state index in [9.17, 15) is 0 Å². The summed E-state index contributed by atoms with van der Waals surface area (Å²) in [6.07, 6.45) is 6.91. The molecular formula is C10H18O2. The largest absolute Gasteiger partial charge is 0.347 e. The van der Waals surface area contributed by atoms with E-state index in [2.05, 4.69) is 19.1 Å². The van der Waals surface area contributed by atoms with Crippen LogP contribution in [0, 0.1) is 0 Å². The third-order valence-electron chi connectivity index (χ3n) is 2.15. The normalized spacial score (nSPS) is 36.4. The third kappa shape index (κ3) is 2.61. The van der Waals surface area contributed by atoms with Gasteiger partial charge in [-0.2, -0.15) is 0 Å². The molecule has 0 amide bonds. The second-order valence-corrected chi connectivity index (χ2v) is 3.23. The van der Waals surface area contributed by atoms with Crippen molar-refractivity contribution >= 4 is 0 Å². The van der Waals surface area contributed by atoms with Crippen molar-refractivity contribution < 1.29 is 9.47 Å². The van der Waals surface area contributed by atoms with E-state index in [4.69, 9.17) is 9.47 Å². The zero-order valence-electron chi connectivity index (χ0n) is 8.12. The van der Waals surface area contributed by atoms with E-state index in [1.165, 1.54) is 0 Å². The van der Waals surface area contributed by atoms with Gasteiger partial charge in [-0.05, 0) is 33.6 Å². The molecule has 0 aromatic heterocycles. The Labute approximate surface area is 74.6 Å². The van der Waals surface area contributed by atoms with Gasteiger partial charge in [0.2, 0.25) is 0 Å². The SMILES string of the molecule is C/C=C\CCC1OC(C)OC1C. The Morgan fingerprint density at radius 1 is 1.25 bits per heavy atom. The molecule has 1 aliphatic rings. The summed E-state index contributed by atoms with van der Waals surface area (Å²) >= 11 is 0. The smallest absolute Gasteiger partial charge is 0.155 e. The van der Waals surface area contributed by atoms with Crippen molar-refractivity contribution in [3.8, 4) is 0 Å². The van der Waals surface area contributed by atoms with Gasteiger partial charge in [0.05, 0.1) is 12.2 Å². The second-order valence-electron chi connectivity index (χ2n) is 3.23. The van der Waals surface area contributed by atoms with Crippen molar-refractivity contribution in [1.29, 1.82) is 0 Å². The lowest BCUT2D eigenvalue weighted by molar-refractivity contribution is -0.0496. The van der Waals surface area contributed by atoms with Crippen LogP contribution in [0.1, 0.15) is 33.6 Å². The highest BCUT2D eigenvalue weighted by Crippen LogP contribution is 2.21. The van der Waals surface area contributed by atoms with Gasteiger partial charge in [-0.1, -0.05) is 12.2 Å². The minimum absolute atomic E-state index is 0.0180. The molecule has 0 spiro atoms. The maximum atomic E-state index is 5.56. The van der Waals surface area contributed by atoms with Crippen LogP contribution < -0.4 is 0 Å². The van der Waals surface area contributed by atoms with Gasteiger partial charge in [0.25, 0.3) is 0 Å². The van der Waals surface area contributed by atoms with Gasteiger partial charge in [-0.25, -0.2) is 0 Å². The summed E-state index contributed by atoms with van der Waals surface area (Å²) in [5.41, 5.74) is 0. The Balaban J connectivity index is 2.23. The van der Waals surface area contributed by atoms with E-state index in [1.807, 2.05) is 13.8 Å². The average molecular weight is 170 g/mol. The minimum atomic E-state index is -0.0180. The van der Waals surface area contributed by atoms with Crippen molar-refractivity contribution in [2.45, 2.75) is 52.1 Å². The lowest BCUT2D eigenvalue weighted by Gasteiger charge is -2.10. The summed E-state index contributed by atoms with van der Waals surface area (Å²) in [7, 11) is 0. The predicted molar refractivity (Wildman–Crippen MR) is 48.9 cm³/mol. The Hall–Kier alpha value is -0.340. The lowest BCUT2D eigenvalue weighted by atomic mass is 10.1. The summed E-state index contributed by atoms with van der Waals surface area (Å²) < 4.78 is 11.0. The molecule has 0 aromatic rings. The lowest BCUT2D eigenvalue weighted by Crippen LogP contribution is -2.18. The maximum Gasteiger partial charge on any atom is 0.155 e. The first-order valence-electron chi connectivity index (χ1n) is 4.66. The quantitative estimate of drug-likeness (QED) is 0.606. The molecule has 3 atom stereocenters. The molecule has 2 heteroatoms. The molecule has 0 aromatic carbocycles. The van der Waals surface area contributed by atoms with Crippen molar-refractivity contribution in [1.82, 2.24) is 0 Å². The van der Waals surface area contributed by atoms with Gasteiger partial charge in [0.15, 0.2) is 6.29 Å². The second kappa shape index (κ2) is 4.63. The van der Waals surface area contributed by atoms with Gasteiger partial charge in [0.1, 0.15) is 0 Å². The van der Waals surface area contributed by atoms with Gasteiger partial charge in [-0.3, -0.25) is 0 Å². The van der Waals surface area contributed by atoms with E-state index in [1.54, 1.807) is 0 Å². The standard InChI is InChI=1S/C10H18O2/c1-4-5-6-7-10-8(2)11-9(3)12-10/h4-5,8-10H,6-7H2,1-3H3/b5-4-. The molecule has 0 bridgehead atoms. The molecule has 1 fully saturated rings. The highest BCUT2D eigenvalue weighted by Gasteiger charge is 2.29. The molecule has 1 rings (SSSR count). The van der Waals surface area contributed by atoms with Crippen molar-refractivity contribution in [3.63, 3.8) is 0 Å². The first-order chi connectivity index (χ1) is 5.74. The van der Waals surface area contributed by atoms with E-state index in [0.717, 1.165) is 12.8 Å². The van der Waals surface area contributed by atoms with Gasteiger partial charge in [-0.15, -0.1) is 0 Å². The average Bonchev–Trinajstić information content (AvgIpc) is 2.31. The summed E-state index contributed by atoms with van der Waals surface area (Å²) in [6, 6.07) is 0. The Kier molecular flexibility index (Phi) is 3.76. The highest BCUT2D eigenvalue weighted by atomic mass is 16.7. The number of hydrogen-bond acceptors (Lipinski definition) is 2. The molecule has 12 heavy (non-hydrogen) atoms. The Morgan fingerprint density at radius 2 is 2.00 bits per heavy atom. The molecular weight excluding hydrogens is 152 g/mol. The van der Waals surface area contributed by atoms with Crippen LogP contribution in [0.3, 0.4) is 0 Å². The van der Waals surface area contributed by atoms with Crippen LogP contribution in [0.2, 0.25) is 0 Å². The molecule has 0 radical (unpaired) electrons. The highest BCUT2D eigenvalue weighted by molar-refractivity contribution is 4.81. The fourth-order valence-electron chi connectivity index (χ4n) is 1.51. The first-order valence-corrected chi connectivity index (χ1v) is 4.66. The summed E-state index contributed by atoms with van der Waals surface area (Å²) in [4.78, 5) is 0. The third-order valence-corrected chi connectivity index (χ3v) is 2.15. The van der Waals surface area contributed by atoms with Gasteiger partial charge >= 0.3 is 0 Å². The number of rotatable bonds is 3. The first kappa shape index (κ1) is 9.75. The topological polar surface area (TPSA) is 18.5 Å². The fraction of sp³-hybridized carbons (Fsp3) is 0.800. The zero-order chi connectivity index (χ0) is 8.97. The maximum absolute atomic E-state index is 5.56. The van der Waals surface area contributed by atoms with Gasteiger partial charge in [0, 0.05) is 0 Å². The molecule has 1 heterocycles. The van der Waals surface area contributed by atoms with E-state index >= 15 is 0 Å². The summed E-state index contributed by atoms with van der Waals surface area (Å²) in [5, 5.41) is 0. The van der Waals surface area contributed by atoms with E-state index in [-0.39, 0.29) is 18.5 Å². The molecule has 0 saturated carbocycles. The van der Waals surface area contributed by atoms with Crippen LogP contribution >= 0.6 is 0 Å². The molecule has 3 unspecified atom stereocenters. The molecule has 0 aliphatic carbocycles. The molecule has 1 aliphatic heterocycles. The van der Waals surface area contributed by atoms with Crippen molar-refractivity contribution in [3.05, 3.63) is 12.2 Å². The number of ether oxygens (including phenoxy) is 2. The number of allylic oxidation sites excluding steroid dienone is 2. The van der Waals surface area contributed by atoms with Crippen LogP contribution in [0.15, 0.2) is 12.2 Å². The van der Waals surface area contributed by atoms with Crippen LogP contribution in [-0.2, 0) is 9.47 Å². The van der Waals surface area contributed by atoms with Crippen LogP contribution in [-0.4, -0.2) is 18.5 Å². The van der Waals surface area contributed by atoms with Gasteiger partial charge < -0.3 is 9.47 Å². The van der Waals surface area contributed by atoms with Crippen LogP contribution in [0.25, 0.3) is 0 Å². The number of hydrogen-bond donors (Lipinski definition) is 0. The van der Waals surface area contributed by atoms with E-state index in [0.29, 0.717) is 0 Å². The molecule has 0 N–H and O–H groups in total. The molecule has 70 valence electrons. The molecule has 2 nitrogen and oxygen atoms in total. The fourth-order valence-corrected chi connectivity index (χ4v) is 1.51. The summed E-state index contributed by atoms with van der Waals surface area (Å²) in [6.45, 7) is 6.06. The van der Waals surface area contributed by atoms with Crippen molar-refractivity contribution in [2.24, 2.45) is 0 Å². The van der Waals surface area contributed by atoms with Crippen LogP contribution in [0.5, 0.6) is 0 Å². The Bertz CT molecular complexity index is 154. The van der Waals surface area contributed by atoms with Crippen LogP contribution in [0.4, 0.5) is 0 Å². The minimum Gasteiger partial charge on any atom is -0.347 e. The Morgan fingerprint density at radius 3 is 2.50 bits per heavy atom. The summed E-state index contributed by atoms with van der Waals surface area (Å²) in [5.74, 6) is 0. The monoisotopic (exact) mass is 170 g/mol. The predicted octanol–water partition coefficient (Wildman–Crippen LogP) is 2.49. The van der Waals surface area contributed by atoms with Crippen molar-refractivity contribution in [2.75, 3.05) is 0 Å². The molecule has 1 saturated heterocycles. The van der Waals surface area contributed by atoms with E-state index < -0.39 is 0 Å².